The van der Waals surface area contributed by atoms with Crippen LogP contribution in [-0.2, 0) is 4.74 Å². The SMILES string of the molecule is Cc1ccnc(OC2CCOC3(CCN(C(=O)c4cscn4)CC3)C2)c1. The summed E-state index contributed by atoms with van der Waals surface area (Å²) in [5.74, 6) is 0.705. The molecule has 1 atom stereocenters. The van der Waals surface area contributed by atoms with Crippen molar-refractivity contribution in [2.75, 3.05) is 19.7 Å². The normalized spacial score (nSPS) is 22.3. The zero-order valence-electron chi connectivity index (χ0n) is 14.9. The van der Waals surface area contributed by atoms with E-state index in [0.29, 0.717) is 31.3 Å². The lowest BCUT2D eigenvalue weighted by molar-refractivity contribution is -0.135. The van der Waals surface area contributed by atoms with E-state index in [-0.39, 0.29) is 17.6 Å². The second-order valence-corrected chi connectivity index (χ2v) is 7.82. The van der Waals surface area contributed by atoms with Gasteiger partial charge >= 0.3 is 0 Å². The number of aryl methyl sites for hydroxylation is 1. The molecule has 2 aliphatic rings. The Morgan fingerprint density at radius 1 is 1.38 bits per heavy atom. The minimum Gasteiger partial charge on any atom is -0.474 e. The Balaban J connectivity index is 1.36. The van der Waals surface area contributed by atoms with Crippen molar-refractivity contribution in [1.29, 1.82) is 0 Å². The fourth-order valence-electron chi connectivity index (χ4n) is 3.77. The number of carbonyl (C=O) groups is 1. The predicted molar refractivity (Wildman–Crippen MR) is 98.6 cm³/mol. The van der Waals surface area contributed by atoms with E-state index in [0.717, 1.165) is 31.2 Å². The Morgan fingerprint density at radius 3 is 2.96 bits per heavy atom. The van der Waals surface area contributed by atoms with E-state index < -0.39 is 0 Å². The van der Waals surface area contributed by atoms with Crippen molar-refractivity contribution in [3.8, 4) is 5.88 Å². The number of hydrogen-bond acceptors (Lipinski definition) is 6. The summed E-state index contributed by atoms with van der Waals surface area (Å²) in [4.78, 5) is 22.8. The third-order valence-electron chi connectivity index (χ3n) is 5.24. The number of hydrogen-bond donors (Lipinski definition) is 0. The van der Waals surface area contributed by atoms with Crippen molar-refractivity contribution >= 4 is 17.2 Å². The molecule has 2 aromatic heterocycles. The van der Waals surface area contributed by atoms with Crippen molar-refractivity contribution in [3.63, 3.8) is 0 Å². The molecule has 138 valence electrons. The number of likely N-dealkylation sites (tertiary alicyclic amines) is 1. The van der Waals surface area contributed by atoms with Gasteiger partial charge in [0.05, 0.1) is 17.7 Å². The number of pyridine rings is 1. The lowest BCUT2D eigenvalue weighted by atomic mass is 9.83. The average molecular weight is 373 g/mol. The first-order valence-electron chi connectivity index (χ1n) is 9.04. The van der Waals surface area contributed by atoms with Crippen LogP contribution in [0.2, 0.25) is 0 Å². The molecular formula is C19H23N3O3S. The van der Waals surface area contributed by atoms with Gasteiger partial charge in [-0.2, -0.15) is 0 Å². The van der Waals surface area contributed by atoms with Crippen molar-refractivity contribution in [2.24, 2.45) is 0 Å². The number of aromatic nitrogens is 2. The van der Waals surface area contributed by atoms with E-state index in [2.05, 4.69) is 9.97 Å². The molecule has 0 saturated carbocycles. The van der Waals surface area contributed by atoms with E-state index in [9.17, 15) is 4.79 Å². The largest absolute Gasteiger partial charge is 0.474 e. The monoisotopic (exact) mass is 373 g/mol. The van der Waals surface area contributed by atoms with Crippen molar-refractivity contribution in [2.45, 2.75) is 44.3 Å². The van der Waals surface area contributed by atoms with E-state index in [1.165, 1.54) is 11.3 Å². The minimum absolute atomic E-state index is 0.0219. The molecule has 2 aliphatic heterocycles. The Kier molecular flexibility index (Phi) is 4.91. The third kappa shape index (κ3) is 3.73. The van der Waals surface area contributed by atoms with E-state index in [4.69, 9.17) is 9.47 Å². The molecule has 2 aromatic rings. The van der Waals surface area contributed by atoms with E-state index in [1.54, 1.807) is 11.7 Å². The zero-order valence-corrected chi connectivity index (χ0v) is 15.7. The summed E-state index contributed by atoms with van der Waals surface area (Å²) in [7, 11) is 0. The van der Waals surface area contributed by atoms with Crippen LogP contribution in [0.5, 0.6) is 5.88 Å². The van der Waals surface area contributed by atoms with Gasteiger partial charge in [-0.1, -0.05) is 0 Å². The predicted octanol–water partition coefficient (Wildman–Crippen LogP) is 3.08. The fourth-order valence-corrected chi connectivity index (χ4v) is 4.30. The van der Waals surface area contributed by atoms with Crippen LogP contribution in [0.4, 0.5) is 0 Å². The number of piperidine rings is 1. The van der Waals surface area contributed by atoms with Gasteiger partial charge < -0.3 is 14.4 Å². The molecule has 1 spiro atoms. The van der Waals surface area contributed by atoms with Crippen LogP contribution >= 0.6 is 11.3 Å². The summed E-state index contributed by atoms with van der Waals surface area (Å²) in [5, 5.41) is 1.81. The van der Waals surface area contributed by atoms with Gasteiger partial charge in [-0.15, -0.1) is 11.3 Å². The van der Waals surface area contributed by atoms with Gasteiger partial charge in [0.25, 0.3) is 5.91 Å². The molecule has 1 unspecified atom stereocenters. The molecule has 4 rings (SSSR count). The summed E-state index contributed by atoms with van der Waals surface area (Å²) >= 11 is 1.45. The minimum atomic E-state index is -0.189. The van der Waals surface area contributed by atoms with Crippen molar-refractivity contribution < 1.29 is 14.3 Å². The molecular weight excluding hydrogens is 350 g/mol. The number of thiazole rings is 1. The van der Waals surface area contributed by atoms with Crippen LogP contribution in [0.1, 0.15) is 41.7 Å². The molecule has 7 heteroatoms. The van der Waals surface area contributed by atoms with Crippen molar-refractivity contribution in [3.05, 3.63) is 40.5 Å². The maximum atomic E-state index is 12.5. The van der Waals surface area contributed by atoms with Crippen LogP contribution in [-0.4, -0.2) is 52.2 Å². The Labute approximate surface area is 157 Å². The third-order valence-corrected chi connectivity index (χ3v) is 5.83. The summed E-state index contributed by atoms with van der Waals surface area (Å²) < 4.78 is 12.3. The maximum absolute atomic E-state index is 12.5. The smallest absolute Gasteiger partial charge is 0.273 e. The molecule has 2 saturated heterocycles. The number of amides is 1. The number of carbonyl (C=O) groups excluding carboxylic acids is 1. The molecule has 2 fully saturated rings. The average Bonchev–Trinajstić information content (AvgIpc) is 3.17. The number of nitrogens with zero attached hydrogens (tertiary/aromatic N) is 3. The van der Waals surface area contributed by atoms with E-state index >= 15 is 0 Å². The topological polar surface area (TPSA) is 64.6 Å². The zero-order chi connectivity index (χ0) is 18.0. The molecule has 26 heavy (non-hydrogen) atoms. The number of rotatable bonds is 3. The highest BCUT2D eigenvalue weighted by molar-refractivity contribution is 7.07. The summed E-state index contributed by atoms with van der Waals surface area (Å²) in [6.07, 6.45) is 5.29. The summed E-state index contributed by atoms with van der Waals surface area (Å²) in [6.45, 7) is 4.13. The van der Waals surface area contributed by atoms with Crippen LogP contribution in [0.15, 0.2) is 29.2 Å². The van der Waals surface area contributed by atoms with Crippen LogP contribution in [0.25, 0.3) is 0 Å². The Morgan fingerprint density at radius 2 is 2.23 bits per heavy atom. The molecule has 6 nitrogen and oxygen atoms in total. The van der Waals surface area contributed by atoms with Crippen LogP contribution in [0.3, 0.4) is 0 Å². The second-order valence-electron chi connectivity index (χ2n) is 7.10. The molecule has 0 radical (unpaired) electrons. The fraction of sp³-hybridized carbons (Fsp3) is 0.526. The lowest BCUT2D eigenvalue weighted by Crippen LogP contribution is -2.52. The molecule has 4 heterocycles. The molecule has 0 aromatic carbocycles. The Hall–Kier alpha value is -1.99. The van der Waals surface area contributed by atoms with Gasteiger partial charge in [0.2, 0.25) is 5.88 Å². The van der Waals surface area contributed by atoms with Gasteiger partial charge in [-0.25, -0.2) is 9.97 Å². The summed E-state index contributed by atoms with van der Waals surface area (Å²) in [5.41, 5.74) is 3.20. The Bertz CT molecular complexity index is 757. The highest BCUT2D eigenvalue weighted by atomic mass is 32.1. The summed E-state index contributed by atoms with van der Waals surface area (Å²) in [6, 6.07) is 3.94. The molecule has 0 bridgehead atoms. The van der Waals surface area contributed by atoms with Crippen LogP contribution < -0.4 is 4.74 Å². The standard InChI is InChI=1S/C19H23N3O3S/c1-14-2-6-20-17(10-14)25-15-3-9-24-19(11-15)4-7-22(8-5-19)18(23)16-12-26-13-21-16/h2,6,10,12-13,15H,3-5,7-9,11H2,1H3. The van der Waals surface area contributed by atoms with E-state index in [1.807, 2.05) is 29.3 Å². The first-order chi connectivity index (χ1) is 12.6. The van der Waals surface area contributed by atoms with Gasteiger partial charge in [-0.3, -0.25) is 4.79 Å². The quantitative estimate of drug-likeness (QED) is 0.827. The highest BCUT2D eigenvalue weighted by Crippen LogP contribution is 2.36. The second kappa shape index (κ2) is 7.32. The number of ether oxygens (including phenoxy) is 2. The molecule has 0 N–H and O–H groups in total. The van der Waals surface area contributed by atoms with Gasteiger partial charge in [0, 0.05) is 43.6 Å². The van der Waals surface area contributed by atoms with Gasteiger partial charge in [-0.05, 0) is 31.4 Å². The first-order valence-corrected chi connectivity index (χ1v) is 9.99. The molecule has 1 amide bonds. The van der Waals surface area contributed by atoms with Crippen LogP contribution in [0, 0.1) is 6.92 Å². The van der Waals surface area contributed by atoms with Gasteiger partial charge in [0.1, 0.15) is 11.8 Å². The lowest BCUT2D eigenvalue weighted by Gasteiger charge is -2.45. The van der Waals surface area contributed by atoms with Crippen molar-refractivity contribution in [1.82, 2.24) is 14.9 Å². The first kappa shape index (κ1) is 17.4. The molecule has 0 aliphatic carbocycles. The van der Waals surface area contributed by atoms with Gasteiger partial charge in [0.15, 0.2) is 0 Å². The maximum Gasteiger partial charge on any atom is 0.273 e. The highest BCUT2D eigenvalue weighted by Gasteiger charge is 2.42.